The number of hydrogen-bond acceptors (Lipinski definition) is 4. The average molecular weight is 298 g/mol. The van der Waals surface area contributed by atoms with Gasteiger partial charge >= 0.3 is 0 Å². The SMILES string of the molecule is CC(C)COCCCNC(=O)c1cc(F)ccc1[N+](=O)[O-]. The molecule has 0 aromatic heterocycles. The summed E-state index contributed by atoms with van der Waals surface area (Å²) in [6.07, 6.45) is 0.585. The van der Waals surface area contributed by atoms with Crippen LogP contribution in [-0.4, -0.2) is 30.6 Å². The van der Waals surface area contributed by atoms with Gasteiger partial charge in [0.2, 0.25) is 0 Å². The summed E-state index contributed by atoms with van der Waals surface area (Å²) in [6, 6.07) is 2.80. The van der Waals surface area contributed by atoms with E-state index >= 15 is 0 Å². The molecule has 0 saturated carbocycles. The summed E-state index contributed by atoms with van der Waals surface area (Å²) in [5.74, 6) is -0.911. The molecular weight excluding hydrogens is 279 g/mol. The quantitative estimate of drug-likeness (QED) is 0.454. The predicted octanol–water partition coefficient (Wildman–Crippen LogP) is 2.53. The fourth-order valence-electron chi connectivity index (χ4n) is 1.64. The molecule has 21 heavy (non-hydrogen) atoms. The highest BCUT2D eigenvalue weighted by Crippen LogP contribution is 2.19. The molecule has 0 aliphatic carbocycles. The minimum absolute atomic E-state index is 0.275. The van der Waals surface area contributed by atoms with Crippen molar-refractivity contribution in [1.29, 1.82) is 0 Å². The van der Waals surface area contributed by atoms with Crippen LogP contribution >= 0.6 is 0 Å². The Labute approximate surface area is 122 Å². The Bertz CT molecular complexity index is 506. The molecule has 1 aromatic carbocycles. The largest absolute Gasteiger partial charge is 0.381 e. The summed E-state index contributed by atoms with van der Waals surface area (Å²) in [5.41, 5.74) is -0.687. The van der Waals surface area contributed by atoms with Gasteiger partial charge in [-0.15, -0.1) is 0 Å². The molecule has 1 rings (SSSR count). The number of benzene rings is 1. The van der Waals surface area contributed by atoms with Crippen LogP contribution in [-0.2, 0) is 4.74 Å². The first-order valence-corrected chi connectivity index (χ1v) is 6.71. The van der Waals surface area contributed by atoms with E-state index in [1.165, 1.54) is 0 Å². The van der Waals surface area contributed by atoms with Crippen molar-refractivity contribution in [3.63, 3.8) is 0 Å². The van der Waals surface area contributed by atoms with Gasteiger partial charge in [-0.25, -0.2) is 4.39 Å². The highest BCUT2D eigenvalue weighted by molar-refractivity contribution is 5.98. The number of amides is 1. The maximum absolute atomic E-state index is 13.1. The summed E-state index contributed by atoms with van der Waals surface area (Å²) < 4.78 is 18.5. The molecule has 7 heteroatoms. The summed E-state index contributed by atoms with van der Waals surface area (Å²) in [7, 11) is 0. The van der Waals surface area contributed by atoms with Crippen molar-refractivity contribution in [2.24, 2.45) is 5.92 Å². The normalized spacial score (nSPS) is 10.7. The number of nitro benzene ring substituents is 1. The Morgan fingerprint density at radius 1 is 1.48 bits per heavy atom. The van der Waals surface area contributed by atoms with Crippen LogP contribution in [0.5, 0.6) is 0 Å². The second-order valence-electron chi connectivity index (χ2n) is 5.00. The molecule has 6 nitrogen and oxygen atoms in total. The Kier molecular flexibility index (Phi) is 6.74. The lowest BCUT2D eigenvalue weighted by Crippen LogP contribution is -2.26. The third kappa shape index (κ3) is 5.86. The topological polar surface area (TPSA) is 81.5 Å². The lowest BCUT2D eigenvalue weighted by molar-refractivity contribution is -0.385. The van der Waals surface area contributed by atoms with E-state index in [-0.39, 0.29) is 5.56 Å². The smallest absolute Gasteiger partial charge is 0.282 e. The lowest BCUT2D eigenvalue weighted by atomic mass is 10.1. The van der Waals surface area contributed by atoms with Gasteiger partial charge in [0, 0.05) is 25.8 Å². The van der Waals surface area contributed by atoms with Crippen molar-refractivity contribution < 1.29 is 18.8 Å². The maximum atomic E-state index is 13.1. The number of nitro groups is 1. The number of rotatable bonds is 8. The number of halogens is 1. The summed E-state index contributed by atoms with van der Waals surface area (Å²) in [5, 5.41) is 13.3. The van der Waals surface area contributed by atoms with Crippen molar-refractivity contribution in [3.8, 4) is 0 Å². The molecule has 1 N–H and O–H groups in total. The van der Waals surface area contributed by atoms with Crippen LogP contribution in [0, 0.1) is 21.8 Å². The second-order valence-corrected chi connectivity index (χ2v) is 5.00. The number of ether oxygens (including phenoxy) is 1. The van der Waals surface area contributed by atoms with Gasteiger partial charge in [0.25, 0.3) is 11.6 Å². The van der Waals surface area contributed by atoms with Crippen LogP contribution in [0.25, 0.3) is 0 Å². The molecule has 1 aromatic rings. The first-order valence-electron chi connectivity index (χ1n) is 6.71. The number of carbonyl (C=O) groups excluding carboxylic acids is 1. The summed E-state index contributed by atoms with van der Waals surface area (Å²) >= 11 is 0. The van der Waals surface area contributed by atoms with E-state index in [1.807, 2.05) is 13.8 Å². The van der Waals surface area contributed by atoms with E-state index in [0.29, 0.717) is 32.1 Å². The van der Waals surface area contributed by atoms with Crippen LogP contribution in [0.4, 0.5) is 10.1 Å². The highest BCUT2D eigenvalue weighted by atomic mass is 19.1. The predicted molar refractivity (Wildman–Crippen MR) is 75.7 cm³/mol. The van der Waals surface area contributed by atoms with Crippen LogP contribution in [0.2, 0.25) is 0 Å². The fraction of sp³-hybridized carbons (Fsp3) is 0.500. The molecule has 116 valence electrons. The monoisotopic (exact) mass is 298 g/mol. The van der Waals surface area contributed by atoms with Crippen molar-refractivity contribution in [3.05, 3.63) is 39.7 Å². The fourth-order valence-corrected chi connectivity index (χ4v) is 1.64. The van der Waals surface area contributed by atoms with Crippen molar-refractivity contribution in [1.82, 2.24) is 5.32 Å². The van der Waals surface area contributed by atoms with Gasteiger partial charge in [0.1, 0.15) is 11.4 Å². The third-order valence-electron chi connectivity index (χ3n) is 2.60. The van der Waals surface area contributed by atoms with Crippen LogP contribution in [0.3, 0.4) is 0 Å². The molecule has 0 heterocycles. The lowest BCUT2D eigenvalue weighted by Gasteiger charge is -2.08. The number of nitrogens with zero attached hydrogens (tertiary/aromatic N) is 1. The number of nitrogens with one attached hydrogen (secondary N) is 1. The van der Waals surface area contributed by atoms with E-state index in [0.717, 1.165) is 18.2 Å². The molecule has 0 radical (unpaired) electrons. The summed E-state index contributed by atoms with van der Waals surface area (Å²) in [4.78, 5) is 21.9. The van der Waals surface area contributed by atoms with E-state index in [9.17, 15) is 19.3 Å². The van der Waals surface area contributed by atoms with E-state index in [4.69, 9.17) is 4.74 Å². The minimum Gasteiger partial charge on any atom is -0.381 e. The average Bonchev–Trinajstić information content (AvgIpc) is 2.41. The molecule has 0 saturated heterocycles. The van der Waals surface area contributed by atoms with Crippen molar-refractivity contribution >= 4 is 11.6 Å². The molecule has 0 atom stereocenters. The number of carbonyl (C=O) groups is 1. The molecular formula is C14H19FN2O4. The molecule has 0 unspecified atom stereocenters. The minimum atomic E-state index is -0.708. The standard InChI is InChI=1S/C14H19FN2O4/c1-10(2)9-21-7-3-6-16-14(18)12-8-11(15)4-5-13(12)17(19)20/h4-5,8,10H,3,6-7,9H2,1-2H3,(H,16,18). The zero-order valence-corrected chi connectivity index (χ0v) is 12.1. The van der Waals surface area contributed by atoms with Gasteiger partial charge in [-0.05, 0) is 24.5 Å². The Hall–Kier alpha value is -2.02. The molecule has 0 aliphatic heterocycles. The van der Waals surface area contributed by atoms with Gasteiger partial charge in [-0.2, -0.15) is 0 Å². The number of hydrogen-bond donors (Lipinski definition) is 1. The first-order chi connectivity index (χ1) is 9.91. The van der Waals surface area contributed by atoms with Gasteiger partial charge < -0.3 is 10.1 Å². The van der Waals surface area contributed by atoms with Crippen LogP contribution in [0.1, 0.15) is 30.6 Å². The third-order valence-corrected chi connectivity index (χ3v) is 2.60. The van der Waals surface area contributed by atoms with E-state index in [2.05, 4.69) is 5.32 Å². The molecule has 0 fully saturated rings. The van der Waals surface area contributed by atoms with Gasteiger partial charge in [0.15, 0.2) is 0 Å². The van der Waals surface area contributed by atoms with Gasteiger partial charge in [-0.3, -0.25) is 14.9 Å². The maximum Gasteiger partial charge on any atom is 0.282 e. The zero-order valence-electron chi connectivity index (χ0n) is 12.1. The summed E-state index contributed by atoms with van der Waals surface area (Å²) in [6.45, 7) is 5.51. The van der Waals surface area contributed by atoms with Crippen LogP contribution in [0.15, 0.2) is 18.2 Å². The van der Waals surface area contributed by atoms with Crippen molar-refractivity contribution in [2.45, 2.75) is 20.3 Å². The Morgan fingerprint density at radius 2 is 2.19 bits per heavy atom. The van der Waals surface area contributed by atoms with Gasteiger partial charge in [-0.1, -0.05) is 13.8 Å². The van der Waals surface area contributed by atoms with Crippen molar-refractivity contribution in [2.75, 3.05) is 19.8 Å². The molecule has 0 spiro atoms. The Balaban J connectivity index is 2.49. The molecule has 0 aliphatic rings. The van der Waals surface area contributed by atoms with Crippen LogP contribution < -0.4 is 5.32 Å². The zero-order chi connectivity index (χ0) is 15.8. The van der Waals surface area contributed by atoms with E-state index in [1.54, 1.807) is 0 Å². The highest BCUT2D eigenvalue weighted by Gasteiger charge is 2.20. The second kappa shape index (κ2) is 8.31. The van der Waals surface area contributed by atoms with Gasteiger partial charge in [0.05, 0.1) is 4.92 Å². The van der Waals surface area contributed by atoms with E-state index < -0.39 is 22.3 Å². The Morgan fingerprint density at radius 3 is 2.81 bits per heavy atom. The molecule has 0 bridgehead atoms. The first kappa shape index (κ1) is 17.0. The molecule has 1 amide bonds.